The van der Waals surface area contributed by atoms with Crippen LogP contribution in [0.3, 0.4) is 0 Å². The van der Waals surface area contributed by atoms with Gasteiger partial charge in [0.2, 0.25) is 5.91 Å². The second-order valence-electron chi connectivity index (χ2n) is 7.75. The summed E-state index contributed by atoms with van der Waals surface area (Å²) >= 11 is 0. The Morgan fingerprint density at radius 1 is 1.17 bits per heavy atom. The van der Waals surface area contributed by atoms with Crippen molar-refractivity contribution in [3.63, 3.8) is 0 Å². The van der Waals surface area contributed by atoms with E-state index in [0.717, 1.165) is 12.0 Å². The van der Waals surface area contributed by atoms with Crippen LogP contribution in [-0.2, 0) is 11.3 Å². The van der Waals surface area contributed by atoms with E-state index in [-0.39, 0.29) is 24.0 Å². The summed E-state index contributed by atoms with van der Waals surface area (Å²) < 4.78 is 1.31. The van der Waals surface area contributed by atoms with E-state index in [1.165, 1.54) is 41.6 Å². The fourth-order valence-corrected chi connectivity index (χ4v) is 4.16. The molecule has 7 nitrogen and oxygen atoms in total. The van der Waals surface area contributed by atoms with Crippen LogP contribution in [0.15, 0.2) is 39.9 Å². The predicted molar refractivity (Wildman–Crippen MR) is 115 cm³/mol. The molecule has 0 saturated heterocycles. The number of anilines is 2. The molecule has 1 saturated carbocycles. The minimum atomic E-state index is -0.621. The summed E-state index contributed by atoms with van der Waals surface area (Å²) in [6.07, 6.45) is 7.29. The van der Waals surface area contributed by atoms with Gasteiger partial charge in [0.15, 0.2) is 5.69 Å². The second-order valence-corrected chi connectivity index (χ2v) is 7.75. The molecule has 1 aliphatic carbocycles. The molecule has 0 unspecified atom stereocenters. The van der Waals surface area contributed by atoms with Gasteiger partial charge in [0, 0.05) is 13.0 Å². The first kappa shape index (κ1) is 20.9. The number of aromatic nitrogens is 2. The fourth-order valence-electron chi connectivity index (χ4n) is 4.16. The van der Waals surface area contributed by atoms with Gasteiger partial charge in [-0.05, 0) is 24.8 Å². The summed E-state index contributed by atoms with van der Waals surface area (Å²) in [5.41, 5.74) is 5.98. The minimum absolute atomic E-state index is 0.0236. The summed E-state index contributed by atoms with van der Waals surface area (Å²) in [7, 11) is 0. The quantitative estimate of drug-likeness (QED) is 0.749. The van der Waals surface area contributed by atoms with Crippen LogP contribution in [-0.4, -0.2) is 22.0 Å². The highest BCUT2D eigenvalue weighted by atomic mass is 16.2. The third-order valence-electron chi connectivity index (χ3n) is 5.78. The smallest absolute Gasteiger partial charge is 0.330 e. The molecule has 0 atom stereocenters. The molecule has 0 spiro atoms. The highest BCUT2D eigenvalue weighted by Gasteiger charge is 2.24. The van der Waals surface area contributed by atoms with Crippen molar-refractivity contribution < 1.29 is 4.79 Å². The average Bonchev–Trinajstić information content (AvgIpc) is 2.74. The summed E-state index contributed by atoms with van der Waals surface area (Å²) in [6, 6.07) is 9.39. The van der Waals surface area contributed by atoms with Crippen LogP contribution in [0.1, 0.15) is 57.4 Å². The molecule has 0 radical (unpaired) electrons. The molecule has 1 aromatic heterocycles. The second kappa shape index (κ2) is 9.58. The predicted octanol–water partition coefficient (Wildman–Crippen LogP) is 2.88. The molecule has 1 heterocycles. The first-order chi connectivity index (χ1) is 14.0. The number of hydrogen-bond acceptors (Lipinski definition) is 4. The van der Waals surface area contributed by atoms with Crippen LogP contribution in [0, 0.1) is 5.92 Å². The van der Waals surface area contributed by atoms with E-state index in [4.69, 9.17) is 5.73 Å². The summed E-state index contributed by atoms with van der Waals surface area (Å²) in [6.45, 7) is 2.35. The standard InChI is InChI=1S/C22H30N4O3/c1-2-25(18(27)14-13-16-9-5-3-6-10-16)19-20(23)26(22(29)24-21(19)28)15-17-11-7-4-8-12-17/h4,7-8,11-12,16H,2-3,5-6,9-10,13-15,23H2,1H3,(H,24,28,29). The Hall–Kier alpha value is -2.83. The van der Waals surface area contributed by atoms with E-state index in [2.05, 4.69) is 4.98 Å². The number of nitrogen functional groups attached to an aromatic ring is 1. The zero-order valence-corrected chi connectivity index (χ0v) is 17.0. The topological polar surface area (TPSA) is 101 Å². The van der Waals surface area contributed by atoms with Gasteiger partial charge in [0.05, 0.1) is 6.54 Å². The maximum atomic E-state index is 12.9. The fraction of sp³-hybridized carbons (Fsp3) is 0.500. The zero-order chi connectivity index (χ0) is 20.8. The number of amides is 1. The van der Waals surface area contributed by atoms with Gasteiger partial charge in [-0.3, -0.25) is 19.1 Å². The maximum Gasteiger partial charge on any atom is 0.330 e. The van der Waals surface area contributed by atoms with Gasteiger partial charge in [0.25, 0.3) is 5.56 Å². The molecule has 3 N–H and O–H groups in total. The average molecular weight is 399 g/mol. The Kier molecular flexibility index (Phi) is 6.90. The van der Waals surface area contributed by atoms with Gasteiger partial charge < -0.3 is 10.6 Å². The molecule has 3 rings (SSSR count). The molecule has 2 aromatic rings. The van der Waals surface area contributed by atoms with Crippen molar-refractivity contribution in [2.45, 2.75) is 58.4 Å². The van der Waals surface area contributed by atoms with Crippen molar-refractivity contribution in [2.24, 2.45) is 5.92 Å². The van der Waals surface area contributed by atoms with Crippen LogP contribution in [0.2, 0.25) is 0 Å². The molecule has 29 heavy (non-hydrogen) atoms. The number of aromatic amines is 1. The van der Waals surface area contributed by atoms with Crippen LogP contribution < -0.4 is 21.9 Å². The minimum Gasteiger partial charge on any atom is -0.383 e. The van der Waals surface area contributed by atoms with Crippen molar-refractivity contribution in [3.8, 4) is 0 Å². The van der Waals surface area contributed by atoms with Crippen molar-refractivity contribution in [2.75, 3.05) is 17.2 Å². The summed E-state index contributed by atoms with van der Waals surface area (Å²) in [5.74, 6) is 0.477. The molecule has 156 valence electrons. The number of carbonyl (C=O) groups is 1. The number of hydrogen-bond donors (Lipinski definition) is 2. The molecule has 1 aliphatic rings. The lowest BCUT2D eigenvalue weighted by atomic mass is 9.86. The molecule has 0 bridgehead atoms. The Bertz CT molecular complexity index is 943. The van der Waals surface area contributed by atoms with Gasteiger partial charge in [0.1, 0.15) is 5.82 Å². The molecule has 1 aromatic carbocycles. The third kappa shape index (κ3) is 4.96. The van der Waals surface area contributed by atoms with Crippen molar-refractivity contribution in [1.82, 2.24) is 9.55 Å². The molecule has 7 heteroatoms. The van der Waals surface area contributed by atoms with E-state index in [1.807, 2.05) is 37.3 Å². The van der Waals surface area contributed by atoms with E-state index >= 15 is 0 Å². The molecule has 0 aliphatic heterocycles. The Labute approximate surface area is 170 Å². The molecular weight excluding hydrogens is 368 g/mol. The lowest BCUT2D eigenvalue weighted by Gasteiger charge is -2.25. The SMILES string of the molecule is CCN(C(=O)CCC1CCCCC1)c1c(N)n(Cc2ccccc2)c(=O)[nH]c1=O. The van der Waals surface area contributed by atoms with Gasteiger partial charge in [-0.15, -0.1) is 0 Å². The molecular formula is C22H30N4O3. The van der Waals surface area contributed by atoms with Crippen LogP contribution in [0.4, 0.5) is 11.5 Å². The number of nitrogens with zero attached hydrogens (tertiary/aromatic N) is 2. The van der Waals surface area contributed by atoms with E-state index in [0.29, 0.717) is 18.9 Å². The lowest BCUT2D eigenvalue weighted by molar-refractivity contribution is -0.118. The maximum absolute atomic E-state index is 12.9. The Balaban J connectivity index is 1.84. The van der Waals surface area contributed by atoms with E-state index in [1.54, 1.807) is 0 Å². The number of H-pyrrole nitrogens is 1. The van der Waals surface area contributed by atoms with Gasteiger partial charge in [-0.2, -0.15) is 0 Å². The first-order valence-corrected chi connectivity index (χ1v) is 10.5. The first-order valence-electron chi connectivity index (χ1n) is 10.5. The van der Waals surface area contributed by atoms with Crippen LogP contribution in [0.5, 0.6) is 0 Å². The van der Waals surface area contributed by atoms with Gasteiger partial charge in [-0.25, -0.2) is 4.79 Å². The summed E-state index contributed by atoms with van der Waals surface area (Å²) in [4.78, 5) is 41.5. The largest absolute Gasteiger partial charge is 0.383 e. The highest BCUT2D eigenvalue weighted by Crippen LogP contribution is 2.28. The normalized spacial score (nSPS) is 14.7. The van der Waals surface area contributed by atoms with E-state index in [9.17, 15) is 14.4 Å². The zero-order valence-electron chi connectivity index (χ0n) is 17.0. The van der Waals surface area contributed by atoms with Gasteiger partial charge in [-0.1, -0.05) is 62.4 Å². The number of carbonyl (C=O) groups excluding carboxylic acids is 1. The van der Waals surface area contributed by atoms with Crippen molar-refractivity contribution in [3.05, 3.63) is 56.7 Å². The van der Waals surface area contributed by atoms with Crippen LogP contribution in [0.25, 0.3) is 0 Å². The van der Waals surface area contributed by atoms with Crippen molar-refractivity contribution in [1.29, 1.82) is 0 Å². The van der Waals surface area contributed by atoms with Gasteiger partial charge >= 0.3 is 5.69 Å². The van der Waals surface area contributed by atoms with Crippen molar-refractivity contribution >= 4 is 17.4 Å². The van der Waals surface area contributed by atoms with E-state index < -0.39 is 11.2 Å². The molecule has 1 fully saturated rings. The Morgan fingerprint density at radius 3 is 2.52 bits per heavy atom. The molecule has 1 amide bonds. The van der Waals surface area contributed by atoms with Crippen LogP contribution >= 0.6 is 0 Å². The number of nitrogens with one attached hydrogen (secondary N) is 1. The number of rotatable bonds is 7. The summed E-state index contributed by atoms with van der Waals surface area (Å²) in [5, 5.41) is 0. The lowest BCUT2D eigenvalue weighted by Crippen LogP contribution is -2.41. The third-order valence-corrected chi connectivity index (χ3v) is 5.78. The number of nitrogens with two attached hydrogens (primary N) is 1. The number of benzene rings is 1. The monoisotopic (exact) mass is 398 g/mol. The Morgan fingerprint density at radius 2 is 1.86 bits per heavy atom. The highest BCUT2D eigenvalue weighted by molar-refractivity contribution is 5.95.